The first-order chi connectivity index (χ1) is 11.7. The number of fused-ring (bicyclic) bond motifs is 2. The second-order valence-corrected chi connectivity index (χ2v) is 5.49. The number of benzene rings is 2. The monoisotopic (exact) mass is 316 g/mol. The Balaban J connectivity index is 1.67. The van der Waals surface area contributed by atoms with Crippen molar-refractivity contribution in [2.75, 3.05) is 0 Å². The smallest absolute Gasteiger partial charge is 0.121 e. The minimum Gasteiger partial charge on any atom is -0.341 e. The fraction of sp³-hybridized carbons (Fsp3) is 0.111. The number of nitrogens with two attached hydrogens (primary N) is 2. The Morgan fingerprint density at radius 2 is 1.21 bits per heavy atom. The predicted octanol–water partition coefficient (Wildman–Crippen LogP) is 1.76. The molecular weight excluding hydrogens is 300 g/mol. The van der Waals surface area contributed by atoms with Crippen LogP contribution in [0.1, 0.15) is 22.8 Å². The average Bonchev–Trinajstić information content (AvgIpc) is 3.21. The van der Waals surface area contributed by atoms with Gasteiger partial charge in [0.1, 0.15) is 11.6 Å². The molecule has 0 atom stereocenters. The molecule has 0 spiro atoms. The van der Waals surface area contributed by atoms with Gasteiger partial charge in [-0.3, -0.25) is 0 Å². The van der Waals surface area contributed by atoms with Gasteiger partial charge in [-0.25, -0.2) is 9.97 Å². The Morgan fingerprint density at radius 1 is 0.750 bits per heavy atom. The zero-order valence-electron chi connectivity index (χ0n) is 12.9. The quantitative estimate of drug-likeness (QED) is 0.422. The predicted molar refractivity (Wildman–Crippen MR) is 94.0 cm³/mol. The number of aromatic amines is 2. The summed E-state index contributed by atoms with van der Waals surface area (Å²) >= 11 is 0. The summed E-state index contributed by atoms with van der Waals surface area (Å²) in [6, 6.07) is 11.8. The molecule has 0 unspecified atom stereocenters. The number of hydrogen-bond donors (Lipinski definition) is 4. The fourth-order valence-electron chi connectivity index (χ4n) is 2.62. The van der Waals surface area contributed by atoms with Crippen molar-refractivity contribution in [1.82, 2.24) is 19.9 Å². The van der Waals surface area contributed by atoms with Crippen LogP contribution in [0.5, 0.6) is 0 Å². The van der Waals surface area contributed by atoms with Crippen LogP contribution in [0.4, 0.5) is 0 Å². The maximum atomic E-state index is 5.61. The molecule has 6 N–H and O–H groups in total. The van der Waals surface area contributed by atoms with Crippen LogP contribution in [0, 0.1) is 11.8 Å². The minimum absolute atomic E-state index is 0.394. The summed E-state index contributed by atoms with van der Waals surface area (Å²) in [5.41, 5.74) is 16.7. The maximum Gasteiger partial charge on any atom is 0.121 e. The lowest BCUT2D eigenvalue weighted by atomic mass is 10.1. The molecule has 2 aromatic heterocycles. The van der Waals surface area contributed by atoms with Crippen LogP contribution in [-0.4, -0.2) is 19.9 Å². The Bertz CT molecular complexity index is 1010. The lowest BCUT2D eigenvalue weighted by Gasteiger charge is -1.92. The van der Waals surface area contributed by atoms with Crippen molar-refractivity contribution in [3.63, 3.8) is 0 Å². The van der Waals surface area contributed by atoms with Crippen molar-refractivity contribution in [1.29, 1.82) is 0 Å². The first-order valence-electron chi connectivity index (χ1n) is 7.64. The minimum atomic E-state index is 0.394. The van der Waals surface area contributed by atoms with Gasteiger partial charge in [0.15, 0.2) is 0 Å². The third-order valence-corrected chi connectivity index (χ3v) is 3.80. The Labute approximate surface area is 138 Å². The third kappa shape index (κ3) is 2.63. The molecule has 0 bridgehead atoms. The summed E-state index contributed by atoms with van der Waals surface area (Å²) in [6.07, 6.45) is 0. The van der Waals surface area contributed by atoms with E-state index in [-0.39, 0.29) is 0 Å². The number of aromatic nitrogens is 4. The highest BCUT2D eigenvalue weighted by Gasteiger charge is 2.02. The highest BCUT2D eigenvalue weighted by atomic mass is 14.9. The molecule has 0 radical (unpaired) electrons. The van der Waals surface area contributed by atoms with Gasteiger partial charge in [-0.15, -0.1) is 0 Å². The normalized spacial score (nSPS) is 10.9. The van der Waals surface area contributed by atoms with E-state index >= 15 is 0 Å². The van der Waals surface area contributed by atoms with Crippen LogP contribution in [0.15, 0.2) is 36.4 Å². The van der Waals surface area contributed by atoms with Crippen LogP contribution < -0.4 is 11.5 Å². The van der Waals surface area contributed by atoms with Gasteiger partial charge in [0.2, 0.25) is 0 Å². The lowest BCUT2D eigenvalue weighted by Crippen LogP contribution is -1.97. The molecule has 0 aliphatic heterocycles. The van der Waals surface area contributed by atoms with E-state index in [0.717, 1.165) is 44.8 Å². The zero-order chi connectivity index (χ0) is 16.5. The highest BCUT2D eigenvalue weighted by Crippen LogP contribution is 2.15. The van der Waals surface area contributed by atoms with Gasteiger partial charge >= 0.3 is 0 Å². The maximum absolute atomic E-state index is 5.61. The number of rotatable bonds is 2. The van der Waals surface area contributed by atoms with Crippen molar-refractivity contribution >= 4 is 22.1 Å². The molecule has 2 aromatic carbocycles. The Morgan fingerprint density at radius 3 is 1.62 bits per heavy atom. The molecular formula is C18H16N6. The number of H-pyrrole nitrogens is 2. The number of imidazole rings is 2. The summed E-state index contributed by atoms with van der Waals surface area (Å²) in [5.74, 6) is 7.90. The van der Waals surface area contributed by atoms with E-state index < -0.39 is 0 Å². The summed E-state index contributed by atoms with van der Waals surface area (Å²) < 4.78 is 0. The van der Waals surface area contributed by atoms with E-state index in [0.29, 0.717) is 13.1 Å². The molecule has 0 aliphatic rings. The van der Waals surface area contributed by atoms with E-state index in [1.54, 1.807) is 0 Å². The summed E-state index contributed by atoms with van der Waals surface area (Å²) in [7, 11) is 0. The van der Waals surface area contributed by atoms with E-state index in [2.05, 4.69) is 31.8 Å². The zero-order valence-corrected chi connectivity index (χ0v) is 12.9. The first kappa shape index (κ1) is 14.5. The third-order valence-electron chi connectivity index (χ3n) is 3.80. The largest absolute Gasteiger partial charge is 0.341 e. The van der Waals surface area contributed by atoms with Crippen LogP contribution >= 0.6 is 0 Å². The van der Waals surface area contributed by atoms with Crippen molar-refractivity contribution in [3.05, 3.63) is 59.2 Å². The van der Waals surface area contributed by atoms with E-state index in [1.807, 2.05) is 36.4 Å². The van der Waals surface area contributed by atoms with Crippen LogP contribution in [0.25, 0.3) is 22.1 Å². The molecule has 6 heteroatoms. The van der Waals surface area contributed by atoms with Crippen molar-refractivity contribution in [2.24, 2.45) is 11.5 Å². The van der Waals surface area contributed by atoms with Crippen molar-refractivity contribution in [3.8, 4) is 11.8 Å². The summed E-state index contributed by atoms with van der Waals surface area (Å²) in [6.45, 7) is 0.787. The standard InChI is InChI=1S/C18H16N6/c19-9-17-21-13-5-3-11(7-15(13)23-17)1-2-12-4-6-14-16(8-12)24-18(10-20)22-14/h3-8H,9-10,19-20H2,(H,21,23)(H,22,24). The second kappa shape index (κ2) is 5.81. The molecule has 2 heterocycles. The molecule has 0 saturated heterocycles. The Hall–Kier alpha value is -3.14. The Kier molecular flexibility index (Phi) is 3.50. The number of nitrogens with one attached hydrogen (secondary N) is 2. The fourth-order valence-corrected chi connectivity index (χ4v) is 2.62. The average molecular weight is 316 g/mol. The molecule has 24 heavy (non-hydrogen) atoms. The van der Waals surface area contributed by atoms with E-state index in [1.165, 1.54) is 0 Å². The first-order valence-corrected chi connectivity index (χ1v) is 7.64. The molecule has 0 fully saturated rings. The van der Waals surface area contributed by atoms with Crippen LogP contribution in [0.2, 0.25) is 0 Å². The number of hydrogen-bond acceptors (Lipinski definition) is 4. The van der Waals surface area contributed by atoms with Crippen molar-refractivity contribution in [2.45, 2.75) is 13.1 Å². The molecule has 0 amide bonds. The molecule has 0 saturated carbocycles. The van der Waals surface area contributed by atoms with Gasteiger partial charge in [0.25, 0.3) is 0 Å². The van der Waals surface area contributed by atoms with Crippen molar-refractivity contribution < 1.29 is 0 Å². The molecule has 6 nitrogen and oxygen atoms in total. The van der Waals surface area contributed by atoms with Gasteiger partial charge in [0, 0.05) is 11.1 Å². The topological polar surface area (TPSA) is 109 Å². The van der Waals surface area contributed by atoms with Gasteiger partial charge in [-0.1, -0.05) is 11.8 Å². The van der Waals surface area contributed by atoms with Crippen LogP contribution in [0.3, 0.4) is 0 Å². The van der Waals surface area contributed by atoms with Gasteiger partial charge in [-0.2, -0.15) is 0 Å². The van der Waals surface area contributed by atoms with Gasteiger partial charge in [-0.05, 0) is 36.4 Å². The van der Waals surface area contributed by atoms with Gasteiger partial charge < -0.3 is 21.4 Å². The second-order valence-electron chi connectivity index (χ2n) is 5.49. The molecule has 4 aromatic rings. The summed E-state index contributed by atoms with van der Waals surface area (Å²) in [4.78, 5) is 15.1. The molecule has 4 rings (SSSR count). The SMILES string of the molecule is NCc1nc2ccc(C#Cc3ccc4nc(CN)[nH]c4c3)cc2[nH]1. The van der Waals surface area contributed by atoms with Crippen LogP contribution in [-0.2, 0) is 13.1 Å². The lowest BCUT2D eigenvalue weighted by molar-refractivity contribution is 0.958. The number of nitrogens with zero attached hydrogens (tertiary/aromatic N) is 2. The van der Waals surface area contributed by atoms with Gasteiger partial charge in [0.05, 0.1) is 35.2 Å². The van der Waals surface area contributed by atoms with E-state index in [4.69, 9.17) is 11.5 Å². The molecule has 0 aliphatic carbocycles. The highest BCUT2D eigenvalue weighted by molar-refractivity contribution is 5.78. The summed E-state index contributed by atoms with van der Waals surface area (Å²) in [5, 5.41) is 0. The molecule has 118 valence electrons. The van der Waals surface area contributed by atoms with E-state index in [9.17, 15) is 0 Å².